The number of aliphatic hydroxyl groups is 1. The average molecular weight is 374 g/mol. The van der Waals surface area contributed by atoms with Gasteiger partial charge in [0.15, 0.2) is 0 Å². The van der Waals surface area contributed by atoms with Crippen LogP contribution in [0.1, 0.15) is 77.7 Å². The van der Waals surface area contributed by atoms with Gasteiger partial charge in [0.1, 0.15) is 5.60 Å². The van der Waals surface area contributed by atoms with Crippen molar-refractivity contribution in [1.82, 2.24) is 4.90 Å². The molecule has 2 bridgehead atoms. The first kappa shape index (κ1) is 20.2. The molecule has 0 aromatic heterocycles. The van der Waals surface area contributed by atoms with Crippen molar-refractivity contribution in [3.63, 3.8) is 0 Å². The van der Waals surface area contributed by atoms with E-state index in [0.29, 0.717) is 12.8 Å². The molecule has 1 aromatic carbocycles. The number of hydrogen-bond acceptors (Lipinski definition) is 3. The fourth-order valence-corrected chi connectivity index (χ4v) is 4.77. The van der Waals surface area contributed by atoms with E-state index in [1.807, 2.05) is 31.7 Å². The minimum atomic E-state index is -0.634. The molecule has 2 saturated heterocycles. The first-order valence-electron chi connectivity index (χ1n) is 10.5. The number of unbranched alkanes of at least 4 members (excludes halogenated alkanes) is 1. The summed E-state index contributed by atoms with van der Waals surface area (Å²) < 4.78 is 5.63. The lowest BCUT2D eigenvalue weighted by Gasteiger charge is -2.51. The van der Waals surface area contributed by atoms with Gasteiger partial charge in [0.05, 0.1) is 5.60 Å². The lowest BCUT2D eigenvalue weighted by molar-refractivity contribution is -0.0965. The van der Waals surface area contributed by atoms with Crippen LogP contribution in [0.2, 0.25) is 0 Å². The van der Waals surface area contributed by atoms with Crippen LogP contribution in [-0.2, 0) is 11.2 Å². The molecule has 2 atom stereocenters. The summed E-state index contributed by atoms with van der Waals surface area (Å²) in [6, 6.07) is 10.8. The molecule has 4 nitrogen and oxygen atoms in total. The van der Waals surface area contributed by atoms with Gasteiger partial charge in [-0.1, -0.05) is 36.8 Å². The maximum absolute atomic E-state index is 12.7. The molecule has 2 aliphatic heterocycles. The molecule has 2 heterocycles. The molecule has 0 aliphatic carbocycles. The van der Waals surface area contributed by atoms with E-state index in [2.05, 4.69) is 24.3 Å². The topological polar surface area (TPSA) is 49.8 Å². The molecule has 3 rings (SSSR count). The van der Waals surface area contributed by atoms with Gasteiger partial charge >= 0.3 is 6.09 Å². The molecular formula is C23H35NO3. The van der Waals surface area contributed by atoms with Gasteiger partial charge in [-0.05, 0) is 77.7 Å². The predicted octanol–water partition coefficient (Wildman–Crippen LogP) is 5.08. The van der Waals surface area contributed by atoms with Crippen molar-refractivity contribution in [2.45, 2.75) is 102 Å². The number of nitrogens with zero attached hydrogens (tertiary/aromatic N) is 1. The molecule has 2 aliphatic rings. The van der Waals surface area contributed by atoms with Gasteiger partial charge in [-0.3, -0.25) is 0 Å². The van der Waals surface area contributed by atoms with Gasteiger partial charge in [0, 0.05) is 12.1 Å². The number of benzene rings is 1. The fourth-order valence-electron chi connectivity index (χ4n) is 4.77. The Kier molecular flexibility index (Phi) is 6.15. The second-order valence-electron chi connectivity index (χ2n) is 9.45. The fraction of sp³-hybridized carbons (Fsp3) is 0.696. The van der Waals surface area contributed by atoms with Crippen LogP contribution >= 0.6 is 0 Å². The zero-order valence-electron chi connectivity index (χ0n) is 17.1. The number of hydrogen-bond donors (Lipinski definition) is 1. The van der Waals surface area contributed by atoms with Gasteiger partial charge in [-0.25, -0.2) is 4.79 Å². The summed E-state index contributed by atoms with van der Waals surface area (Å²) in [5, 5.41) is 11.2. The van der Waals surface area contributed by atoms with E-state index in [-0.39, 0.29) is 18.2 Å². The third kappa shape index (κ3) is 5.47. The molecule has 27 heavy (non-hydrogen) atoms. The quantitative estimate of drug-likeness (QED) is 0.732. The second kappa shape index (κ2) is 8.22. The van der Waals surface area contributed by atoms with Crippen molar-refractivity contribution in [2.24, 2.45) is 0 Å². The Bertz CT molecular complexity index is 608. The molecule has 2 fully saturated rings. The third-order valence-corrected chi connectivity index (χ3v) is 5.90. The largest absolute Gasteiger partial charge is 0.444 e. The van der Waals surface area contributed by atoms with Gasteiger partial charge in [-0.15, -0.1) is 0 Å². The predicted molar refractivity (Wildman–Crippen MR) is 108 cm³/mol. The Morgan fingerprint density at radius 1 is 1.15 bits per heavy atom. The molecule has 4 heteroatoms. The molecule has 0 spiro atoms. The summed E-state index contributed by atoms with van der Waals surface area (Å²) in [6.07, 6.45) is 8.27. The van der Waals surface area contributed by atoms with E-state index < -0.39 is 11.2 Å². The summed E-state index contributed by atoms with van der Waals surface area (Å²) >= 11 is 0. The summed E-state index contributed by atoms with van der Waals surface area (Å²) in [5.74, 6) is 0. The minimum absolute atomic E-state index is 0.117. The number of ether oxygens (including phenoxy) is 1. The van der Waals surface area contributed by atoms with Gasteiger partial charge in [0.2, 0.25) is 0 Å². The van der Waals surface area contributed by atoms with Gasteiger partial charge < -0.3 is 14.7 Å². The number of fused-ring (bicyclic) bond motifs is 2. The summed E-state index contributed by atoms with van der Waals surface area (Å²) in [6.45, 7) is 5.73. The summed E-state index contributed by atoms with van der Waals surface area (Å²) in [4.78, 5) is 14.6. The highest BCUT2D eigenvalue weighted by atomic mass is 16.6. The van der Waals surface area contributed by atoms with Crippen molar-refractivity contribution < 1.29 is 14.6 Å². The molecular weight excluding hydrogens is 338 g/mol. The summed E-state index contributed by atoms with van der Waals surface area (Å²) in [5.41, 5.74) is 0.253. The van der Waals surface area contributed by atoms with Crippen LogP contribution in [-0.4, -0.2) is 39.4 Å². The molecule has 2 unspecified atom stereocenters. The van der Waals surface area contributed by atoms with Gasteiger partial charge in [0.25, 0.3) is 0 Å². The number of aryl methyl sites for hydroxylation is 1. The number of piperidine rings is 2. The number of rotatable bonds is 5. The van der Waals surface area contributed by atoms with Crippen LogP contribution in [0.3, 0.4) is 0 Å². The Balaban J connectivity index is 1.54. The Morgan fingerprint density at radius 3 is 2.37 bits per heavy atom. The Labute approximate surface area is 163 Å². The Hall–Kier alpha value is -1.55. The number of carbonyl (C=O) groups excluding carboxylic acids is 1. The molecule has 1 amide bonds. The standard InChI is InChI=1S/C23H35NO3/c1-22(2,3)27-21(25)24-19-13-9-14-20(24)17-23(26,16-19)15-8-7-12-18-10-5-4-6-11-18/h4-6,10-11,19-20,26H,7-9,12-17H2,1-3H3. The van der Waals surface area contributed by atoms with Crippen molar-refractivity contribution in [1.29, 1.82) is 0 Å². The van der Waals surface area contributed by atoms with Crippen LogP contribution in [0.5, 0.6) is 0 Å². The number of amides is 1. The first-order valence-corrected chi connectivity index (χ1v) is 10.5. The van der Waals surface area contributed by atoms with E-state index in [0.717, 1.165) is 44.9 Å². The van der Waals surface area contributed by atoms with Crippen molar-refractivity contribution in [3.05, 3.63) is 35.9 Å². The lowest BCUT2D eigenvalue weighted by Crippen LogP contribution is -2.60. The zero-order chi connectivity index (χ0) is 19.5. The zero-order valence-corrected chi connectivity index (χ0v) is 17.1. The van der Waals surface area contributed by atoms with Crippen LogP contribution in [0, 0.1) is 0 Å². The normalized spacial score (nSPS) is 28.1. The number of carbonyl (C=O) groups is 1. The SMILES string of the molecule is CC(C)(C)OC(=O)N1C2CCCC1CC(O)(CCCCc1ccccc1)C2. The van der Waals surface area contributed by atoms with Gasteiger partial charge in [-0.2, -0.15) is 0 Å². The van der Waals surface area contributed by atoms with Crippen LogP contribution in [0.4, 0.5) is 4.79 Å². The van der Waals surface area contributed by atoms with E-state index in [4.69, 9.17) is 4.74 Å². The first-order chi connectivity index (χ1) is 12.8. The maximum atomic E-state index is 12.7. The Morgan fingerprint density at radius 2 is 1.78 bits per heavy atom. The smallest absolute Gasteiger partial charge is 0.410 e. The second-order valence-corrected chi connectivity index (χ2v) is 9.45. The lowest BCUT2D eigenvalue weighted by atomic mass is 9.73. The van der Waals surface area contributed by atoms with E-state index in [1.54, 1.807) is 0 Å². The van der Waals surface area contributed by atoms with E-state index >= 15 is 0 Å². The van der Waals surface area contributed by atoms with E-state index in [1.165, 1.54) is 5.56 Å². The highest BCUT2D eigenvalue weighted by Gasteiger charge is 2.47. The van der Waals surface area contributed by atoms with Crippen LogP contribution in [0.25, 0.3) is 0 Å². The average Bonchev–Trinajstić information content (AvgIpc) is 2.57. The molecule has 1 aromatic rings. The molecule has 150 valence electrons. The highest BCUT2D eigenvalue weighted by molar-refractivity contribution is 5.69. The minimum Gasteiger partial charge on any atom is -0.444 e. The van der Waals surface area contributed by atoms with Crippen molar-refractivity contribution >= 4 is 6.09 Å². The molecule has 1 N–H and O–H groups in total. The maximum Gasteiger partial charge on any atom is 0.410 e. The monoisotopic (exact) mass is 373 g/mol. The van der Waals surface area contributed by atoms with E-state index in [9.17, 15) is 9.90 Å². The van der Waals surface area contributed by atoms with Crippen molar-refractivity contribution in [3.8, 4) is 0 Å². The highest BCUT2D eigenvalue weighted by Crippen LogP contribution is 2.42. The summed E-state index contributed by atoms with van der Waals surface area (Å²) in [7, 11) is 0. The molecule has 0 radical (unpaired) electrons. The van der Waals surface area contributed by atoms with Crippen LogP contribution in [0.15, 0.2) is 30.3 Å². The van der Waals surface area contributed by atoms with Crippen molar-refractivity contribution in [2.75, 3.05) is 0 Å². The van der Waals surface area contributed by atoms with Crippen LogP contribution < -0.4 is 0 Å². The molecule has 0 saturated carbocycles. The third-order valence-electron chi connectivity index (χ3n) is 5.90.